The zero-order valence-electron chi connectivity index (χ0n) is 15.6. The number of aromatic nitrogens is 1. The van der Waals surface area contributed by atoms with Gasteiger partial charge in [0.1, 0.15) is 17.4 Å². The maximum absolute atomic E-state index is 12.8. The number of carbonyl (C=O) groups is 1. The van der Waals surface area contributed by atoms with E-state index < -0.39 is 0 Å². The van der Waals surface area contributed by atoms with Crippen molar-refractivity contribution < 1.29 is 9.53 Å². The Bertz CT molecular complexity index is 931. The summed E-state index contributed by atoms with van der Waals surface area (Å²) in [6, 6.07) is 17.9. The fourth-order valence-corrected chi connectivity index (χ4v) is 3.64. The number of benzene rings is 2. The third-order valence-electron chi connectivity index (χ3n) is 5.06. The van der Waals surface area contributed by atoms with Gasteiger partial charge in [-0.1, -0.05) is 43.7 Å². The Morgan fingerprint density at radius 2 is 1.96 bits per heavy atom. The average molecular weight is 360 g/mol. The van der Waals surface area contributed by atoms with Gasteiger partial charge >= 0.3 is 0 Å². The van der Waals surface area contributed by atoms with Gasteiger partial charge in [0.05, 0.1) is 6.54 Å². The molecule has 0 spiro atoms. The minimum absolute atomic E-state index is 0.000853. The Morgan fingerprint density at radius 3 is 2.78 bits per heavy atom. The van der Waals surface area contributed by atoms with Gasteiger partial charge < -0.3 is 9.64 Å². The van der Waals surface area contributed by atoms with Crippen molar-refractivity contribution in [3.63, 3.8) is 0 Å². The first-order valence-electron chi connectivity index (χ1n) is 9.63. The number of pyridine rings is 1. The Hall–Kier alpha value is -2.88. The zero-order valence-corrected chi connectivity index (χ0v) is 15.6. The monoisotopic (exact) mass is 360 g/mol. The topological polar surface area (TPSA) is 42.4 Å². The SMILES string of the molecule is CCCc1ccc(C(=O)N2CCC(Oc3cccc4cccnc34)C2)cc1. The Balaban J connectivity index is 1.43. The molecule has 27 heavy (non-hydrogen) atoms. The predicted molar refractivity (Wildman–Crippen MR) is 107 cm³/mol. The van der Waals surface area contributed by atoms with Crippen LogP contribution in [0.2, 0.25) is 0 Å². The summed E-state index contributed by atoms with van der Waals surface area (Å²) in [4.78, 5) is 19.1. The average Bonchev–Trinajstić information content (AvgIpc) is 3.17. The summed E-state index contributed by atoms with van der Waals surface area (Å²) in [5.74, 6) is 0.872. The molecule has 4 nitrogen and oxygen atoms in total. The van der Waals surface area contributed by atoms with Crippen molar-refractivity contribution in [1.82, 2.24) is 9.88 Å². The van der Waals surface area contributed by atoms with Crippen molar-refractivity contribution >= 4 is 16.8 Å². The molecule has 4 heteroatoms. The van der Waals surface area contributed by atoms with Crippen LogP contribution in [0.25, 0.3) is 10.9 Å². The molecule has 0 bridgehead atoms. The van der Waals surface area contributed by atoms with Crippen molar-refractivity contribution in [1.29, 1.82) is 0 Å². The van der Waals surface area contributed by atoms with Gasteiger partial charge in [-0.25, -0.2) is 0 Å². The third kappa shape index (κ3) is 3.80. The third-order valence-corrected chi connectivity index (χ3v) is 5.06. The van der Waals surface area contributed by atoms with Crippen molar-refractivity contribution in [3.8, 4) is 5.75 Å². The van der Waals surface area contributed by atoms with E-state index in [1.165, 1.54) is 5.56 Å². The first-order valence-corrected chi connectivity index (χ1v) is 9.63. The quantitative estimate of drug-likeness (QED) is 0.674. The van der Waals surface area contributed by atoms with E-state index in [2.05, 4.69) is 24.0 Å². The molecule has 0 saturated carbocycles. The number of carbonyl (C=O) groups excluding carboxylic acids is 1. The minimum atomic E-state index is 0.000853. The van der Waals surface area contributed by atoms with Crippen molar-refractivity contribution in [2.45, 2.75) is 32.3 Å². The summed E-state index contributed by atoms with van der Waals surface area (Å²) in [5, 5.41) is 1.06. The second-order valence-electron chi connectivity index (χ2n) is 7.06. The summed E-state index contributed by atoms with van der Waals surface area (Å²) in [6.07, 6.45) is 4.78. The Kier molecular flexibility index (Phi) is 5.05. The zero-order chi connectivity index (χ0) is 18.6. The molecule has 4 rings (SSSR count). The molecule has 1 unspecified atom stereocenters. The van der Waals surface area contributed by atoms with Crippen LogP contribution in [0, 0.1) is 0 Å². The van der Waals surface area contributed by atoms with E-state index in [0.717, 1.165) is 48.0 Å². The number of amides is 1. The minimum Gasteiger partial charge on any atom is -0.486 e. The first-order chi connectivity index (χ1) is 13.2. The summed E-state index contributed by atoms with van der Waals surface area (Å²) in [6.45, 7) is 3.49. The van der Waals surface area contributed by atoms with Crippen LogP contribution in [0.15, 0.2) is 60.8 Å². The molecule has 1 aliphatic rings. The molecule has 1 atom stereocenters. The standard InChI is InChI=1S/C23H24N2O2/c1-2-5-17-9-11-19(12-10-17)23(26)25-15-13-20(16-25)27-21-8-3-6-18-7-4-14-24-22(18)21/h3-4,6-12,14,20H,2,5,13,15-16H2,1H3. The maximum atomic E-state index is 12.8. The number of nitrogens with zero attached hydrogens (tertiary/aromatic N) is 2. The summed E-state index contributed by atoms with van der Waals surface area (Å²) >= 11 is 0. The van der Waals surface area contributed by atoms with Crippen LogP contribution in [0.5, 0.6) is 5.75 Å². The van der Waals surface area contributed by atoms with Gasteiger partial charge in [0.2, 0.25) is 0 Å². The number of rotatable bonds is 5. The lowest BCUT2D eigenvalue weighted by atomic mass is 10.1. The Labute approximate surface area is 159 Å². The highest BCUT2D eigenvalue weighted by atomic mass is 16.5. The largest absolute Gasteiger partial charge is 0.486 e. The van der Waals surface area contributed by atoms with Crippen LogP contribution in [-0.4, -0.2) is 35.0 Å². The normalized spacial score (nSPS) is 16.6. The lowest BCUT2D eigenvalue weighted by Crippen LogP contribution is -2.30. The highest BCUT2D eigenvalue weighted by molar-refractivity contribution is 5.94. The molecule has 138 valence electrons. The van der Waals surface area contributed by atoms with E-state index in [4.69, 9.17) is 4.74 Å². The smallest absolute Gasteiger partial charge is 0.253 e. The lowest BCUT2D eigenvalue weighted by Gasteiger charge is -2.18. The van der Waals surface area contributed by atoms with Gasteiger partial charge in [-0.15, -0.1) is 0 Å². The predicted octanol–water partition coefficient (Wildman–Crippen LogP) is 4.48. The molecule has 2 aromatic carbocycles. The summed E-state index contributed by atoms with van der Waals surface area (Å²) in [5.41, 5.74) is 2.90. The van der Waals surface area contributed by atoms with Crippen LogP contribution >= 0.6 is 0 Å². The Morgan fingerprint density at radius 1 is 1.15 bits per heavy atom. The van der Waals surface area contributed by atoms with Crippen LogP contribution in [0.4, 0.5) is 0 Å². The van der Waals surface area contributed by atoms with Crippen LogP contribution in [0.3, 0.4) is 0 Å². The summed E-state index contributed by atoms with van der Waals surface area (Å²) < 4.78 is 6.20. The number of para-hydroxylation sites is 1. The van der Waals surface area contributed by atoms with Crippen molar-refractivity contribution in [2.24, 2.45) is 0 Å². The molecule has 0 aliphatic carbocycles. The first kappa shape index (κ1) is 17.5. The fourth-order valence-electron chi connectivity index (χ4n) is 3.64. The van der Waals surface area contributed by atoms with Crippen molar-refractivity contribution in [2.75, 3.05) is 13.1 Å². The van der Waals surface area contributed by atoms with Gasteiger partial charge in [0.25, 0.3) is 5.91 Å². The molecule has 2 heterocycles. The van der Waals surface area contributed by atoms with E-state index in [-0.39, 0.29) is 12.0 Å². The molecule has 0 N–H and O–H groups in total. The number of likely N-dealkylation sites (tertiary alicyclic amines) is 1. The molecular weight excluding hydrogens is 336 g/mol. The summed E-state index contributed by atoms with van der Waals surface area (Å²) in [7, 11) is 0. The molecule has 0 radical (unpaired) electrons. The van der Waals surface area contributed by atoms with E-state index >= 15 is 0 Å². The lowest BCUT2D eigenvalue weighted by molar-refractivity contribution is 0.0773. The van der Waals surface area contributed by atoms with Crippen molar-refractivity contribution in [3.05, 3.63) is 71.9 Å². The molecule has 1 aliphatic heterocycles. The van der Waals surface area contributed by atoms with Crippen LogP contribution in [0.1, 0.15) is 35.7 Å². The van der Waals surface area contributed by atoms with Gasteiger partial charge in [-0.3, -0.25) is 9.78 Å². The van der Waals surface area contributed by atoms with Gasteiger partial charge in [-0.2, -0.15) is 0 Å². The number of hydrogen-bond donors (Lipinski definition) is 0. The maximum Gasteiger partial charge on any atom is 0.253 e. The second-order valence-corrected chi connectivity index (χ2v) is 7.06. The van der Waals surface area contributed by atoms with E-state index in [0.29, 0.717) is 6.54 Å². The van der Waals surface area contributed by atoms with Gasteiger partial charge in [0.15, 0.2) is 0 Å². The number of fused-ring (bicyclic) bond motifs is 1. The number of ether oxygens (including phenoxy) is 1. The highest BCUT2D eigenvalue weighted by Crippen LogP contribution is 2.26. The molecular formula is C23H24N2O2. The van der Waals surface area contributed by atoms with Gasteiger partial charge in [-0.05, 0) is 36.2 Å². The van der Waals surface area contributed by atoms with E-state index in [1.54, 1.807) is 6.20 Å². The van der Waals surface area contributed by atoms with Crippen LogP contribution in [-0.2, 0) is 6.42 Å². The van der Waals surface area contributed by atoms with Gasteiger partial charge in [0, 0.05) is 30.1 Å². The molecule has 1 aromatic heterocycles. The molecule has 1 fully saturated rings. The van der Waals surface area contributed by atoms with Crippen LogP contribution < -0.4 is 4.74 Å². The number of aryl methyl sites for hydroxylation is 1. The molecule has 3 aromatic rings. The van der Waals surface area contributed by atoms with E-state index in [1.807, 2.05) is 47.4 Å². The number of hydrogen-bond acceptors (Lipinski definition) is 3. The van der Waals surface area contributed by atoms with E-state index in [9.17, 15) is 4.79 Å². The highest BCUT2D eigenvalue weighted by Gasteiger charge is 2.28. The fraction of sp³-hybridized carbons (Fsp3) is 0.304. The second kappa shape index (κ2) is 7.78. The molecule has 1 saturated heterocycles. The molecule has 1 amide bonds.